The number of hydrogen-bond donors (Lipinski definition) is 2. The number of rotatable bonds is 5. The van der Waals surface area contributed by atoms with Crippen molar-refractivity contribution in [3.8, 4) is 17.1 Å². The summed E-state index contributed by atoms with van der Waals surface area (Å²) in [5, 5.41) is 22.6. The average Bonchev–Trinajstić information content (AvgIpc) is 3.54. The summed E-state index contributed by atoms with van der Waals surface area (Å²) < 4.78 is 1.56. The number of amides is 1. The van der Waals surface area contributed by atoms with E-state index in [1.54, 1.807) is 17.2 Å². The number of carbonyl (C=O) groups excluding carboxylic acids is 1. The lowest BCUT2D eigenvalue weighted by atomic mass is 9.95. The van der Waals surface area contributed by atoms with E-state index in [9.17, 15) is 4.79 Å². The summed E-state index contributed by atoms with van der Waals surface area (Å²) in [6.45, 7) is 1.51. The molecule has 0 atom stereocenters. The maximum Gasteiger partial charge on any atom is 0.227 e. The minimum Gasteiger partial charge on any atom is -0.355 e. The van der Waals surface area contributed by atoms with Gasteiger partial charge in [0.25, 0.3) is 0 Å². The molecule has 0 bridgehead atoms. The Hall–Kier alpha value is -4.08. The van der Waals surface area contributed by atoms with Gasteiger partial charge in [-0.1, -0.05) is 12.1 Å². The lowest BCUT2D eigenvalue weighted by Crippen LogP contribution is -2.38. The molecule has 1 aromatic carbocycles. The molecular formula is C21H21N9O. The molecule has 1 saturated heterocycles. The average molecular weight is 415 g/mol. The van der Waals surface area contributed by atoms with Crippen LogP contribution in [-0.4, -0.2) is 54.2 Å². The van der Waals surface area contributed by atoms with Crippen LogP contribution in [0.4, 0.5) is 11.5 Å². The van der Waals surface area contributed by atoms with Crippen molar-refractivity contribution < 1.29 is 4.79 Å². The predicted molar refractivity (Wildman–Crippen MR) is 115 cm³/mol. The van der Waals surface area contributed by atoms with Crippen molar-refractivity contribution in [1.82, 2.24) is 35.2 Å². The Labute approximate surface area is 178 Å². The standard InChI is InChI=1S/C21H21N9O/c31-21(25-17-3-1-2-16(12-17)18-6-9-23-26-18)15-7-10-29(11-8-15)19-4-5-20(28-27-19)30-14-22-13-24-30/h1-6,9,12-15H,7-8,10-11H2,(H,23,26)(H,25,31). The van der Waals surface area contributed by atoms with Crippen LogP contribution in [0.1, 0.15) is 12.8 Å². The highest BCUT2D eigenvalue weighted by Gasteiger charge is 2.26. The molecule has 3 aromatic heterocycles. The van der Waals surface area contributed by atoms with E-state index in [2.05, 4.69) is 40.7 Å². The number of H-pyrrole nitrogens is 1. The van der Waals surface area contributed by atoms with Crippen LogP contribution >= 0.6 is 0 Å². The second-order valence-corrected chi connectivity index (χ2v) is 7.39. The molecule has 2 N–H and O–H groups in total. The third kappa shape index (κ3) is 4.13. The molecule has 5 rings (SSSR count). The maximum absolute atomic E-state index is 12.8. The number of aromatic amines is 1. The first kappa shape index (κ1) is 18.9. The van der Waals surface area contributed by atoms with Gasteiger partial charge in [0.05, 0.1) is 5.69 Å². The van der Waals surface area contributed by atoms with Crippen molar-refractivity contribution in [3.05, 3.63) is 61.3 Å². The number of aromatic nitrogens is 7. The van der Waals surface area contributed by atoms with Crippen molar-refractivity contribution in [2.45, 2.75) is 12.8 Å². The van der Waals surface area contributed by atoms with Crippen LogP contribution in [0.25, 0.3) is 17.1 Å². The molecule has 10 heteroatoms. The molecule has 1 amide bonds. The molecule has 0 spiro atoms. The summed E-state index contributed by atoms with van der Waals surface area (Å²) in [7, 11) is 0. The van der Waals surface area contributed by atoms with Crippen molar-refractivity contribution >= 4 is 17.4 Å². The zero-order valence-electron chi connectivity index (χ0n) is 16.7. The van der Waals surface area contributed by atoms with Gasteiger partial charge in [-0.05, 0) is 43.2 Å². The smallest absolute Gasteiger partial charge is 0.227 e. The normalized spacial score (nSPS) is 14.5. The minimum atomic E-state index is -0.0329. The quantitative estimate of drug-likeness (QED) is 0.513. The van der Waals surface area contributed by atoms with Gasteiger partial charge in [0, 0.05) is 36.5 Å². The molecule has 4 aromatic rings. The van der Waals surface area contributed by atoms with Gasteiger partial charge >= 0.3 is 0 Å². The van der Waals surface area contributed by atoms with Gasteiger partial charge in [-0.15, -0.1) is 10.2 Å². The van der Waals surface area contributed by atoms with Gasteiger partial charge in [0.2, 0.25) is 5.91 Å². The fourth-order valence-corrected chi connectivity index (χ4v) is 3.73. The van der Waals surface area contributed by atoms with E-state index >= 15 is 0 Å². The summed E-state index contributed by atoms with van der Waals surface area (Å²) in [4.78, 5) is 18.9. The second-order valence-electron chi connectivity index (χ2n) is 7.39. The summed E-state index contributed by atoms with van der Waals surface area (Å²) in [5.41, 5.74) is 2.69. The van der Waals surface area contributed by atoms with Gasteiger partial charge in [-0.25, -0.2) is 9.67 Å². The second kappa shape index (κ2) is 8.34. The number of hydrogen-bond acceptors (Lipinski definition) is 7. The van der Waals surface area contributed by atoms with E-state index < -0.39 is 0 Å². The van der Waals surface area contributed by atoms with Gasteiger partial charge in [-0.2, -0.15) is 10.2 Å². The minimum absolute atomic E-state index is 0.0329. The highest BCUT2D eigenvalue weighted by Crippen LogP contribution is 2.25. The SMILES string of the molecule is O=C(Nc1cccc(-c2ccn[nH]2)c1)C1CCN(c2ccc(-n3cncn3)nn2)CC1. The monoisotopic (exact) mass is 415 g/mol. The molecule has 156 valence electrons. The highest BCUT2D eigenvalue weighted by molar-refractivity contribution is 5.93. The van der Waals surface area contributed by atoms with Crippen molar-refractivity contribution in [2.75, 3.05) is 23.3 Å². The van der Waals surface area contributed by atoms with Crippen molar-refractivity contribution in [3.63, 3.8) is 0 Å². The van der Waals surface area contributed by atoms with E-state index in [-0.39, 0.29) is 11.8 Å². The zero-order chi connectivity index (χ0) is 21.0. The lowest BCUT2D eigenvalue weighted by molar-refractivity contribution is -0.120. The number of nitrogens with zero attached hydrogens (tertiary/aromatic N) is 7. The zero-order valence-corrected chi connectivity index (χ0v) is 16.7. The van der Waals surface area contributed by atoms with Crippen LogP contribution in [-0.2, 0) is 4.79 Å². The summed E-state index contributed by atoms with van der Waals surface area (Å²) >= 11 is 0. The number of anilines is 2. The van der Waals surface area contributed by atoms with Crippen LogP contribution < -0.4 is 10.2 Å². The fourth-order valence-electron chi connectivity index (χ4n) is 3.73. The van der Waals surface area contributed by atoms with Crippen LogP contribution in [0.3, 0.4) is 0 Å². The largest absolute Gasteiger partial charge is 0.355 e. The van der Waals surface area contributed by atoms with Crippen molar-refractivity contribution in [1.29, 1.82) is 0 Å². The molecule has 1 aliphatic rings. The van der Waals surface area contributed by atoms with Crippen molar-refractivity contribution in [2.24, 2.45) is 5.92 Å². The molecule has 31 heavy (non-hydrogen) atoms. The lowest BCUT2D eigenvalue weighted by Gasteiger charge is -2.31. The Kier molecular flexibility index (Phi) is 5.09. The molecular weight excluding hydrogens is 394 g/mol. The van der Waals surface area contributed by atoms with E-state index in [0.29, 0.717) is 5.82 Å². The first-order chi connectivity index (χ1) is 15.3. The Bertz CT molecular complexity index is 1130. The fraction of sp³-hybridized carbons (Fsp3) is 0.238. The third-order valence-electron chi connectivity index (χ3n) is 5.42. The molecule has 1 fully saturated rings. The predicted octanol–water partition coefficient (Wildman–Crippen LogP) is 2.30. The summed E-state index contributed by atoms with van der Waals surface area (Å²) in [6, 6.07) is 13.4. The first-order valence-corrected chi connectivity index (χ1v) is 10.1. The molecule has 0 aliphatic carbocycles. The third-order valence-corrected chi connectivity index (χ3v) is 5.42. The Morgan fingerprint density at radius 1 is 1.06 bits per heavy atom. The Morgan fingerprint density at radius 3 is 2.61 bits per heavy atom. The van der Waals surface area contributed by atoms with Crippen LogP contribution in [0, 0.1) is 5.92 Å². The highest BCUT2D eigenvalue weighted by atomic mass is 16.1. The first-order valence-electron chi connectivity index (χ1n) is 10.1. The number of nitrogens with one attached hydrogen (secondary N) is 2. The van der Waals surface area contributed by atoms with Gasteiger partial charge in [0.1, 0.15) is 12.7 Å². The van der Waals surface area contributed by atoms with Gasteiger partial charge in [0.15, 0.2) is 11.6 Å². The number of piperidine rings is 1. The summed E-state index contributed by atoms with van der Waals surface area (Å²) in [6.07, 6.45) is 6.27. The summed E-state index contributed by atoms with van der Waals surface area (Å²) in [5.74, 6) is 1.44. The van der Waals surface area contributed by atoms with Crippen LogP contribution in [0.15, 0.2) is 61.3 Å². The van der Waals surface area contributed by atoms with Gasteiger partial charge < -0.3 is 10.2 Å². The molecule has 0 radical (unpaired) electrons. The van der Waals surface area contributed by atoms with Crippen LogP contribution in [0.2, 0.25) is 0 Å². The molecule has 1 aliphatic heterocycles. The van der Waals surface area contributed by atoms with Gasteiger partial charge in [-0.3, -0.25) is 9.89 Å². The molecule has 4 heterocycles. The van der Waals surface area contributed by atoms with E-state index in [0.717, 1.165) is 48.7 Å². The van der Waals surface area contributed by atoms with Crippen LogP contribution in [0.5, 0.6) is 0 Å². The maximum atomic E-state index is 12.8. The topological polar surface area (TPSA) is 118 Å². The molecule has 0 unspecified atom stereocenters. The van der Waals surface area contributed by atoms with E-state index in [1.807, 2.05) is 42.5 Å². The number of carbonyl (C=O) groups is 1. The molecule has 0 saturated carbocycles. The van der Waals surface area contributed by atoms with E-state index in [1.165, 1.54) is 6.33 Å². The Morgan fingerprint density at radius 2 is 1.90 bits per heavy atom. The Balaban J connectivity index is 1.18. The van der Waals surface area contributed by atoms with E-state index in [4.69, 9.17) is 0 Å². The number of benzene rings is 1. The molecule has 10 nitrogen and oxygen atoms in total.